The highest BCUT2D eigenvalue weighted by atomic mass is 127. The quantitative estimate of drug-likeness (QED) is 0.0497. The van der Waals surface area contributed by atoms with Crippen LogP contribution in [0.15, 0.2) is 71.6 Å². The largest absolute Gasteiger partial charge is 0.460 e. The number of halogens is 3. The van der Waals surface area contributed by atoms with Crippen molar-refractivity contribution in [1.29, 1.82) is 0 Å². The third-order valence-electron chi connectivity index (χ3n) is 18.4. The smallest absolute Gasteiger partial charge is 0.345 e. The molecule has 1 aromatic rings. The summed E-state index contributed by atoms with van der Waals surface area (Å²) in [6.45, 7) is 15.2. The number of allylic oxidation sites excluding steroid dienone is 8. The number of piperidine rings is 1. The third-order valence-corrected chi connectivity index (χ3v) is 21.7. The number of aliphatic hydroxyl groups is 2. The summed E-state index contributed by atoms with van der Waals surface area (Å²) in [5.74, 6) is -11.4. The van der Waals surface area contributed by atoms with Crippen molar-refractivity contribution in [1.82, 2.24) is 4.90 Å². The number of methoxy groups -OCH3 is 3. The molecule has 21 nitrogen and oxygen atoms in total. The second kappa shape index (κ2) is 35.6. The molecule has 2 bridgehead atoms. The Morgan fingerprint density at radius 1 is 0.796 bits per heavy atom. The number of nitrogens with one attached hydrogen (secondary N) is 2. The maximum Gasteiger partial charge on any atom is 0.345 e. The van der Waals surface area contributed by atoms with Crippen molar-refractivity contribution >= 4 is 132 Å². The summed E-state index contributed by atoms with van der Waals surface area (Å²) in [5, 5.41) is 29.2. The Hall–Kier alpha value is -4.56. The molecule has 5 aliphatic rings. The summed E-state index contributed by atoms with van der Waals surface area (Å²) >= 11 is 5.91. The molecular formula is C69H92I3N3O18. The molecule has 0 aromatic heterocycles. The molecule has 0 spiro atoms. The summed E-state index contributed by atoms with van der Waals surface area (Å²) in [6, 6.07) is -1.23. The first kappa shape index (κ1) is 77.4. The molecule has 2 saturated heterocycles. The van der Waals surface area contributed by atoms with Gasteiger partial charge in [0.25, 0.3) is 11.7 Å². The Balaban J connectivity index is 1.20. The zero-order valence-corrected chi connectivity index (χ0v) is 61.7. The first-order valence-corrected chi connectivity index (χ1v) is 35.2. The van der Waals surface area contributed by atoms with Crippen molar-refractivity contribution in [2.45, 2.75) is 200 Å². The number of anilines is 2. The Morgan fingerprint density at radius 3 is 2.09 bits per heavy atom. The van der Waals surface area contributed by atoms with E-state index in [-0.39, 0.29) is 78.8 Å². The van der Waals surface area contributed by atoms with Crippen LogP contribution < -0.4 is 10.6 Å². The number of benzene rings is 1. The number of amides is 3. The Morgan fingerprint density at radius 2 is 1.47 bits per heavy atom. The lowest BCUT2D eigenvalue weighted by Gasteiger charge is -2.42. The monoisotopic (exact) mass is 1630 g/mol. The Kier molecular flexibility index (Phi) is 29.7. The van der Waals surface area contributed by atoms with E-state index >= 15 is 0 Å². The molecular weight excluding hydrogens is 1540 g/mol. The van der Waals surface area contributed by atoms with E-state index in [1.165, 1.54) is 34.1 Å². The summed E-state index contributed by atoms with van der Waals surface area (Å²) in [7, 11) is 4.45. The first-order chi connectivity index (χ1) is 43.9. The van der Waals surface area contributed by atoms with Crippen LogP contribution in [0, 0.1) is 52.1 Å². The van der Waals surface area contributed by atoms with Crippen LogP contribution in [-0.2, 0) is 71.5 Å². The lowest BCUT2D eigenvalue weighted by molar-refractivity contribution is -0.265. The van der Waals surface area contributed by atoms with Gasteiger partial charge in [0.05, 0.1) is 51.9 Å². The highest BCUT2D eigenvalue weighted by molar-refractivity contribution is 14.1. The van der Waals surface area contributed by atoms with E-state index in [2.05, 4.69) is 10.6 Å². The van der Waals surface area contributed by atoms with Crippen LogP contribution >= 0.6 is 67.8 Å². The third kappa shape index (κ3) is 20.3. The molecule has 6 rings (SSSR count). The van der Waals surface area contributed by atoms with Gasteiger partial charge in [0.1, 0.15) is 42.0 Å². The molecule has 3 fully saturated rings. The molecule has 4 N–H and O–H groups in total. The number of aliphatic hydroxyl groups excluding tert-OH is 1. The van der Waals surface area contributed by atoms with Crippen LogP contribution in [0.25, 0.3) is 0 Å². The molecule has 512 valence electrons. The molecule has 1 unspecified atom stereocenters. The fourth-order valence-electron chi connectivity index (χ4n) is 12.9. The number of carbonyl (C=O) groups is 9. The zero-order chi connectivity index (χ0) is 68.8. The number of ether oxygens (including phenoxy) is 7. The van der Waals surface area contributed by atoms with Gasteiger partial charge in [0, 0.05) is 72.3 Å². The van der Waals surface area contributed by atoms with Gasteiger partial charge in [0.15, 0.2) is 5.78 Å². The van der Waals surface area contributed by atoms with Gasteiger partial charge in [-0.1, -0.05) is 77.2 Å². The number of fused-ring (bicyclic) bond motifs is 3. The maximum absolute atomic E-state index is 14.8. The van der Waals surface area contributed by atoms with Crippen LogP contribution in [0.4, 0.5) is 11.4 Å². The number of Topliss-reactive ketones (excluding diaryl/α,β-unsaturated/α-hetero) is 3. The van der Waals surface area contributed by atoms with Gasteiger partial charge in [-0.2, -0.15) is 0 Å². The number of hydrogen-bond acceptors (Lipinski definition) is 18. The van der Waals surface area contributed by atoms with E-state index in [1.54, 1.807) is 53.0 Å². The van der Waals surface area contributed by atoms with E-state index in [9.17, 15) is 53.4 Å². The molecule has 2 aliphatic carbocycles. The second-order valence-corrected chi connectivity index (χ2v) is 28.9. The van der Waals surface area contributed by atoms with Crippen molar-refractivity contribution in [3.05, 3.63) is 87.9 Å². The lowest BCUT2D eigenvalue weighted by atomic mass is 9.78. The Bertz CT molecular complexity index is 3100. The molecule has 1 saturated carbocycles. The molecule has 16 atom stereocenters. The molecule has 0 radical (unpaired) electrons. The molecule has 3 heterocycles. The van der Waals surface area contributed by atoms with E-state index in [4.69, 9.17) is 33.2 Å². The van der Waals surface area contributed by atoms with Crippen LogP contribution in [0.5, 0.6) is 0 Å². The van der Waals surface area contributed by atoms with Crippen molar-refractivity contribution in [3.8, 4) is 0 Å². The van der Waals surface area contributed by atoms with E-state index in [0.29, 0.717) is 85.4 Å². The average Bonchev–Trinajstić information content (AvgIpc) is 0.799. The number of ketones is 3. The highest BCUT2D eigenvalue weighted by Crippen LogP contribution is 2.42. The van der Waals surface area contributed by atoms with Gasteiger partial charge in [-0.25, -0.2) is 9.59 Å². The number of esters is 3. The van der Waals surface area contributed by atoms with Gasteiger partial charge >= 0.3 is 17.9 Å². The van der Waals surface area contributed by atoms with Gasteiger partial charge in [-0.15, -0.1) is 0 Å². The van der Waals surface area contributed by atoms with Crippen LogP contribution in [0.1, 0.15) is 156 Å². The number of hydrogen-bond donors (Lipinski definition) is 4. The zero-order valence-electron chi connectivity index (χ0n) is 55.3. The molecule has 3 amide bonds. The molecule has 1 aromatic carbocycles. The highest BCUT2D eigenvalue weighted by Gasteiger charge is 2.53. The number of nitrogens with zero attached hydrogens (tertiary/aromatic N) is 1. The predicted molar refractivity (Wildman–Crippen MR) is 373 cm³/mol. The number of cyclic esters (lactones) is 1. The van der Waals surface area contributed by atoms with Gasteiger partial charge in [-0.3, -0.25) is 33.6 Å². The van der Waals surface area contributed by atoms with E-state index in [0.717, 1.165) is 10.5 Å². The van der Waals surface area contributed by atoms with Crippen molar-refractivity contribution in [2.75, 3.05) is 38.5 Å². The SMILES string of the molecule is CO[C@H]1C[C@@H]2CC[C@@H](C)[C@@](O)(O2)C(=O)C(=O)N2CCCC[C@H]2C(=O)O[C@H]([C@H](C)C[C@@H]2CC[C@@H](OC(=O)C3C=CC(OC(=O)c4c(I)c(NC(C)=O)c(I)c(NC(C)=O)c4I)=CC3)[C@H](OC)C2)CC(=O)[C@H](C)/C=C(\C)[C@@H](O)[C@@H](OC)C(=O)[C@H](C)C[C@H](C)/C=C/C=C/C=C/1C. The Labute approximate surface area is 587 Å². The number of rotatable bonds is 12. The van der Waals surface area contributed by atoms with Crippen molar-refractivity contribution in [3.63, 3.8) is 0 Å². The van der Waals surface area contributed by atoms with Crippen LogP contribution in [-0.4, -0.2) is 151 Å². The van der Waals surface area contributed by atoms with Crippen molar-refractivity contribution in [2.24, 2.45) is 41.4 Å². The predicted octanol–water partition coefficient (Wildman–Crippen LogP) is 10.8. The number of carbonyl (C=O) groups excluding carboxylic acids is 9. The molecule has 24 heteroatoms. The van der Waals surface area contributed by atoms with E-state index in [1.807, 2.05) is 119 Å². The van der Waals surface area contributed by atoms with Crippen molar-refractivity contribution < 1.29 is 86.5 Å². The fraction of sp³-hybridized carbons (Fsp3) is 0.609. The fourth-order valence-corrected chi connectivity index (χ4v) is 17.0. The summed E-state index contributed by atoms with van der Waals surface area (Å²) in [6.07, 6.45) is 14.4. The van der Waals surface area contributed by atoms with Crippen LogP contribution in [0.2, 0.25) is 0 Å². The van der Waals surface area contributed by atoms with Gasteiger partial charge in [-0.05, 0) is 193 Å². The summed E-state index contributed by atoms with van der Waals surface area (Å²) in [4.78, 5) is 125. The minimum absolute atomic E-state index is 0.0248. The minimum Gasteiger partial charge on any atom is -0.460 e. The average molecular weight is 1630 g/mol. The second-order valence-electron chi connectivity index (χ2n) is 25.6. The maximum atomic E-state index is 14.8. The normalized spacial score (nSPS) is 33.1. The topological polar surface area (TPSA) is 286 Å². The minimum atomic E-state index is -2.49. The first-order valence-electron chi connectivity index (χ1n) is 32.0. The summed E-state index contributed by atoms with van der Waals surface area (Å²) < 4.78 is 43.3. The van der Waals surface area contributed by atoms with Gasteiger partial charge in [0.2, 0.25) is 17.6 Å². The lowest BCUT2D eigenvalue weighted by Crippen LogP contribution is -2.61. The molecule has 3 aliphatic heterocycles. The van der Waals surface area contributed by atoms with Crippen LogP contribution in [0.3, 0.4) is 0 Å². The standard InChI is InChI=1S/C69H92I3N3O18/c1-36-18-14-13-15-19-37(2)52(87-10)34-48-25-21-42(7)69(86,93-48)64(81)65(82)75-29-17-16-20-49(75)67(84)92-53(35-50(78)38(3)31-41(6)62(80)63(89-12)61(79)40(5)30-36)39(4)32-45-22-28-51(54(33-45)88-11)91-66(83)46-23-26-47(27-24-46)90-68(85)55-56(70)59(73-43(8)76)58(72)60(57(55)71)74-44(9)77/h13-15,18-19,23,26-27,31,36,38-40,42,45-46,48-49,51-54,62-63,80,86H,16-17,20-22,24-25,28-30,32-35H2,1-12H3,(H,73,76)(H,74,77)/b15-13+,18-14+,37-19+,41-31+/t36-,38-,39-,40-,42-,45+,46?,48+,49+,51-,52+,53+,54-,62-,63+,69-/m1/s1. The van der Waals surface area contributed by atoms with E-state index < -0.39 is 114 Å². The summed E-state index contributed by atoms with van der Waals surface area (Å²) in [5.41, 5.74) is 2.01. The molecule has 93 heavy (non-hydrogen) atoms. The van der Waals surface area contributed by atoms with Gasteiger partial charge < -0.3 is 58.9 Å².